The van der Waals surface area contributed by atoms with Crippen LogP contribution in [0, 0.1) is 0 Å². The van der Waals surface area contributed by atoms with Gasteiger partial charge in [0.1, 0.15) is 63.2 Å². The van der Waals surface area contributed by atoms with Crippen molar-refractivity contribution in [3.05, 3.63) is 94.5 Å². The van der Waals surface area contributed by atoms with E-state index in [1.165, 1.54) is 48.5 Å². The largest absolute Gasteiger partial charge is 0.508 e. The molecule has 4 atom stereocenters. The van der Waals surface area contributed by atoms with Gasteiger partial charge < -0.3 is 45.2 Å². The normalized spacial score (nSPS) is 21.4. The Balaban J connectivity index is 1.59. The van der Waals surface area contributed by atoms with E-state index in [0.717, 1.165) is 18.2 Å². The molecule has 0 radical (unpaired) electrons. The number of aliphatic hydroxyl groups excluding tert-OH is 1. The van der Waals surface area contributed by atoms with Gasteiger partial charge >= 0.3 is 0 Å². The van der Waals surface area contributed by atoms with E-state index < -0.39 is 58.6 Å². The molecule has 0 bridgehead atoms. The van der Waals surface area contributed by atoms with Gasteiger partial charge in [0, 0.05) is 18.2 Å². The molecule has 4 aromatic carbocycles. The number of phenolic OH excluding ortho intramolecular Hbond substituents is 6. The highest BCUT2D eigenvalue weighted by Crippen LogP contribution is 2.55. The highest BCUT2D eigenvalue weighted by atomic mass is 16.5. The van der Waals surface area contributed by atoms with Crippen LogP contribution in [0.5, 0.6) is 46.0 Å². The number of Topliss-reactive ketones (excluding diaryl/α,β-unsaturated/α-hetero) is 2. The third-order valence-corrected chi connectivity index (χ3v) is 7.23. The summed E-state index contributed by atoms with van der Waals surface area (Å²) in [6, 6.07) is 14.0. The van der Waals surface area contributed by atoms with Crippen LogP contribution in [0.2, 0.25) is 0 Å². The SMILES string of the molecule is O=C1c2c(O)cc(O)c([C@H]3C(=O)c4c(O)cc(O)cc4O[C@@H]3c3ccc(O)cc3)c2O[C@H](c2ccc(O)cc2)[C@@H]1O. The molecule has 2 heterocycles. The van der Waals surface area contributed by atoms with Gasteiger partial charge in [-0.1, -0.05) is 24.3 Å². The lowest BCUT2D eigenvalue weighted by Gasteiger charge is -2.37. The minimum Gasteiger partial charge on any atom is -0.508 e. The Morgan fingerprint density at radius 3 is 1.73 bits per heavy atom. The van der Waals surface area contributed by atoms with E-state index in [9.17, 15) is 45.3 Å². The van der Waals surface area contributed by atoms with E-state index in [2.05, 4.69) is 0 Å². The molecule has 0 amide bonds. The van der Waals surface area contributed by atoms with Crippen LogP contribution in [0.25, 0.3) is 0 Å². The number of carbonyl (C=O) groups excluding carboxylic acids is 2. The minimum absolute atomic E-state index is 0.0760. The van der Waals surface area contributed by atoms with Gasteiger partial charge in [-0.15, -0.1) is 0 Å². The average molecular weight is 558 g/mol. The van der Waals surface area contributed by atoms with Crippen LogP contribution >= 0.6 is 0 Å². The van der Waals surface area contributed by atoms with Crippen LogP contribution in [-0.4, -0.2) is 53.4 Å². The molecule has 6 rings (SSSR count). The number of carbonyl (C=O) groups is 2. The highest BCUT2D eigenvalue weighted by molar-refractivity contribution is 6.10. The molecule has 7 N–H and O–H groups in total. The van der Waals surface area contributed by atoms with Crippen LogP contribution in [0.1, 0.15) is 55.5 Å². The van der Waals surface area contributed by atoms with Crippen LogP contribution in [0.4, 0.5) is 0 Å². The van der Waals surface area contributed by atoms with Gasteiger partial charge in [-0.2, -0.15) is 0 Å². The van der Waals surface area contributed by atoms with E-state index in [4.69, 9.17) is 9.47 Å². The van der Waals surface area contributed by atoms with E-state index in [1.54, 1.807) is 0 Å². The van der Waals surface area contributed by atoms with E-state index in [1.807, 2.05) is 0 Å². The van der Waals surface area contributed by atoms with Gasteiger partial charge in [0.2, 0.25) is 5.78 Å². The number of benzene rings is 4. The smallest absolute Gasteiger partial charge is 0.202 e. The Labute approximate surface area is 231 Å². The molecule has 11 heteroatoms. The lowest BCUT2D eigenvalue weighted by Crippen LogP contribution is -2.38. The Morgan fingerprint density at radius 1 is 0.561 bits per heavy atom. The summed E-state index contributed by atoms with van der Waals surface area (Å²) in [6.07, 6.45) is -4.37. The van der Waals surface area contributed by atoms with Gasteiger partial charge in [-0.05, 0) is 35.4 Å². The predicted molar refractivity (Wildman–Crippen MR) is 140 cm³/mol. The van der Waals surface area contributed by atoms with Gasteiger partial charge in [-0.25, -0.2) is 0 Å². The molecular formula is C30H22O11. The summed E-state index contributed by atoms with van der Waals surface area (Å²) in [5.41, 5.74) is -0.418. The van der Waals surface area contributed by atoms with Gasteiger partial charge in [0.15, 0.2) is 18.0 Å². The maximum atomic E-state index is 14.1. The molecule has 0 unspecified atom stereocenters. The molecule has 208 valence electrons. The monoisotopic (exact) mass is 558 g/mol. The van der Waals surface area contributed by atoms with Gasteiger partial charge in [0.05, 0.1) is 11.5 Å². The second kappa shape index (κ2) is 9.35. The standard InChI is InChI=1S/C30H22O11/c31-14-5-1-12(2-6-14)28-24(25(37)21-17(34)9-16(33)10-20(21)40-28)22-18(35)11-19(36)23-26(38)27(39)29(41-30(22)23)13-3-7-15(32)8-4-13/h1-11,24,27-29,31-36,39H/t24-,27+,28+,29+/m0/s1. The third-order valence-electron chi connectivity index (χ3n) is 7.23. The molecule has 0 aliphatic carbocycles. The van der Waals surface area contributed by atoms with Crippen molar-refractivity contribution in [2.24, 2.45) is 0 Å². The molecule has 0 fully saturated rings. The number of hydrogen-bond acceptors (Lipinski definition) is 11. The number of aromatic hydroxyl groups is 6. The van der Waals surface area contributed by atoms with Crippen molar-refractivity contribution in [2.75, 3.05) is 0 Å². The Morgan fingerprint density at radius 2 is 1.12 bits per heavy atom. The topological polar surface area (TPSA) is 194 Å². The summed E-state index contributed by atoms with van der Waals surface area (Å²) in [6.45, 7) is 0. The minimum atomic E-state index is -1.78. The van der Waals surface area contributed by atoms with Crippen LogP contribution in [-0.2, 0) is 0 Å². The van der Waals surface area contributed by atoms with Gasteiger partial charge in [0.25, 0.3) is 0 Å². The second-order valence-corrected chi connectivity index (χ2v) is 9.78. The van der Waals surface area contributed by atoms with Crippen molar-refractivity contribution in [2.45, 2.75) is 24.2 Å². The number of aliphatic hydroxyl groups is 1. The van der Waals surface area contributed by atoms with Crippen LogP contribution in [0.15, 0.2) is 66.7 Å². The number of fused-ring (bicyclic) bond motifs is 2. The summed E-state index contributed by atoms with van der Waals surface area (Å²) in [5, 5.41) is 72.7. The summed E-state index contributed by atoms with van der Waals surface area (Å²) < 4.78 is 12.1. The van der Waals surface area contributed by atoms with E-state index >= 15 is 0 Å². The summed E-state index contributed by atoms with van der Waals surface area (Å²) in [7, 11) is 0. The Kier molecular flexibility index (Phi) is 5.89. The van der Waals surface area contributed by atoms with Crippen molar-refractivity contribution in [1.29, 1.82) is 0 Å². The number of hydrogen-bond donors (Lipinski definition) is 7. The first-order chi connectivity index (χ1) is 19.5. The molecule has 2 aliphatic heterocycles. The zero-order valence-electron chi connectivity index (χ0n) is 20.9. The fourth-order valence-electron chi connectivity index (χ4n) is 5.33. The lowest BCUT2D eigenvalue weighted by atomic mass is 9.78. The first-order valence-corrected chi connectivity index (χ1v) is 12.4. The number of ether oxygens (including phenoxy) is 2. The number of phenols is 6. The second-order valence-electron chi connectivity index (χ2n) is 9.78. The van der Waals surface area contributed by atoms with Crippen molar-refractivity contribution in [3.8, 4) is 46.0 Å². The molecule has 2 aliphatic rings. The third kappa shape index (κ3) is 4.10. The maximum Gasteiger partial charge on any atom is 0.202 e. The van der Waals surface area contributed by atoms with E-state index in [-0.39, 0.29) is 45.4 Å². The molecule has 0 saturated heterocycles. The predicted octanol–water partition coefficient (Wildman–Crippen LogP) is 3.70. The molecule has 11 nitrogen and oxygen atoms in total. The molecule has 4 aromatic rings. The summed E-state index contributed by atoms with van der Waals surface area (Å²) in [5.74, 6) is -6.19. The van der Waals surface area contributed by atoms with Crippen LogP contribution < -0.4 is 9.47 Å². The molecule has 0 aromatic heterocycles. The molecule has 41 heavy (non-hydrogen) atoms. The Hall–Kier alpha value is -5.42. The van der Waals surface area contributed by atoms with E-state index in [0.29, 0.717) is 5.56 Å². The van der Waals surface area contributed by atoms with Gasteiger partial charge in [-0.3, -0.25) is 9.59 Å². The number of rotatable bonds is 3. The van der Waals surface area contributed by atoms with Crippen molar-refractivity contribution >= 4 is 11.6 Å². The quantitative estimate of drug-likeness (QED) is 0.194. The summed E-state index contributed by atoms with van der Waals surface area (Å²) in [4.78, 5) is 27.5. The molecule has 0 spiro atoms. The molecule has 0 saturated carbocycles. The zero-order valence-corrected chi connectivity index (χ0v) is 20.9. The summed E-state index contributed by atoms with van der Waals surface area (Å²) >= 11 is 0. The first kappa shape index (κ1) is 25.8. The highest BCUT2D eigenvalue weighted by Gasteiger charge is 2.48. The first-order valence-electron chi connectivity index (χ1n) is 12.4. The zero-order chi connectivity index (χ0) is 29.2. The fraction of sp³-hybridized carbons (Fsp3) is 0.133. The van der Waals surface area contributed by atoms with Crippen molar-refractivity contribution in [1.82, 2.24) is 0 Å². The van der Waals surface area contributed by atoms with Crippen molar-refractivity contribution in [3.63, 3.8) is 0 Å². The fourth-order valence-corrected chi connectivity index (χ4v) is 5.33. The van der Waals surface area contributed by atoms with Crippen molar-refractivity contribution < 1.29 is 54.8 Å². The van der Waals surface area contributed by atoms with Crippen LogP contribution in [0.3, 0.4) is 0 Å². The molecular weight excluding hydrogens is 536 g/mol. The maximum absolute atomic E-state index is 14.1. The average Bonchev–Trinajstić information content (AvgIpc) is 2.92. The lowest BCUT2D eigenvalue weighted by molar-refractivity contribution is 0.0197. The Bertz CT molecular complexity index is 1710. The number of ketones is 2.